The Morgan fingerprint density at radius 3 is 2.23 bits per heavy atom. The highest BCUT2D eigenvalue weighted by molar-refractivity contribution is 7.89. The van der Waals surface area contributed by atoms with Gasteiger partial charge in [0.15, 0.2) is 0 Å². The fourth-order valence-corrected chi connectivity index (χ4v) is 4.56. The Morgan fingerprint density at radius 1 is 1.04 bits per heavy atom. The quantitative estimate of drug-likeness (QED) is 0.510. The molecule has 0 spiro atoms. The Kier molecular flexibility index (Phi) is 5.17. The summed E-state index contributed by atoms with van der Waals surface area (Å²) in [7, 11) is -3.85. The van der Waals surface area contributed by atoms with Crippen LogP contribution < -0.4 is 4.72 Å². The van der Waals surface area contributed by atoms with E-state index in [9.17, 15) is 18.5 Å². The lowest BCUT2D eigenvalue weighted by atomic mass is 10.0. The third kappa shape index (κ3) is 3.98. The number of nitrogens with one attached hydrogen (secondary N) is 1. The maximum atomic E-state index is 12.8. The Balaban J connectivity index is 1.95. The summed E-state index contributed by atoms with van der Waals surface area (Å²) < 4.78 is 28.3. The van der Waals surface area contributed by atoms with Crippen molar-refractivity contribution in [2.45, 2.75) is 17.9 Å². The van der Waals surface area contributed by atoms with Gasteiger partial charge in [0.1, 0.15) is 0 Å². The second-order valence-electron chi connectivity index (χ2n) is 5.73. The first-order valence-electron chi connectivity index (χ1n) is 7.73. The first-order valence-corrected chi connectivity index (χ1v) is 10.1. The van der Waals surface area contributed by atoms with Crippen LogP contribution in [-0.4, -0.2) is 13.3 Å². The topological polar surface area (TPSA) is 89.3 Å². The number of nitro benzene ring substituents is 1. The summed E-state index contributed by atoms with van der Waals surface area (Å²) >= 11 is 1.46. The molecule has 0 bridgehead atoms. The van der Waals surface area contributed by atoms with E-state index in [1.807, 2.05) is 48.7 Å². The van der Waals surface area contributed by atoms with Gasteiger partial charge >= 0.3 is 0 Å². The van der Waals surface area contributed by atoms with E-state index >= 15 is 0 Å². The highest BCUT2D eigenvalue weighted by atomic mass is 32.2. The van der Waals surface area contributed by atoms with Crippen LogP contribution in [0.1, 0.15) is 22.0 Å². The number of nitro groups is 1. The zero-order valence-corrected chi connectivity index (χ0v) is 15.5. The normalized spacial score (nSPS) is 12.7. The smallest absolute Gasteiger partial charge is 0.258 e. The number of thiophene rings is 1. The molecule has 0 unspecified atom stereocenters. The average Bonchev–Trinajstić information content (AvgIpc) is 3.15. The van der Waals surface area contributed by atoms with Crippen molar-refractivity contribution in [2.24, 2.45) is 0 Å². The molecule has 6 nitrogen and oxygen atoms in total. The van der Waals surface area contributed by atoms with Crippen LogP contribution in [0.4, 0.5) is 5.69 Å². The maximum absolute atomic E-state index is 12.8. The molecule has 1 heterocycles. The zero-order valence-electron chi connectivity index (χ0n) is 13.8. The Hall–Kier alpha value is -2.55. The number of nitrogens with zero attached hydrogens (tertiary/aromatic N) is 1. The summed E-state index contributed by atoms with van der Waals surface area (Å²) in [4.78, 5) is 11.0. The van der Waals surface area contributed by atoms with Gasteiger partial charge in [-0.2, -0.15) is 4.72 Å². The van der Waals surface area contributed by atoms with Crippen LogP contribution in [0.5, 0.6) is 0 Å². The second kappa shape index (κ2) is 7.36. The van der Waals surface area contributed by atoms with E-state index in [1.165, 1.54) is 35.6 Å². The fourth-order valence-electron chi connectivity index (χ4n) is 2.48. The van der Waals surface area contributed by atoms with Gasteiger partial charge in [-0.3, -0.25) is 10.1 Å². The van der Waals surface area contributed by atoms with Gasteiger partial charge in [0.2, 0.25) is 10.0 Å². The standard InChI is InChI=1S/C18H16N2O4S2/c1-13-4-6-14(7-5-13)18(17-3-2-12-25-17)19-26(23,24)16-10-8-15(9-11-16)20(21)22/h2-12,18-19H,1H3/t18-/m1/s1. The van der Waals surface area contributed by atoms with Crippen molar-refractivity contribution < 1.29 is 13.3 Å². The van der Waals surface area contributed by atoms with Crippen molar-refractivity contribution in [3.05, 3.63) is 92.2 Å². The van der Waals surface area contributed by atoms with Gasteiger partial charge in [0.05, 0.1) is 15.9 Å². The number of aryl methyl sites for hydroxylation is 1. The summed E-state index contributed by atoms with van der Waals surface area (Å²) in [5, 5.41) is 12.6. The monoisotopic (exact) mass is 388 g/mol. The summed E-state index contributed by atoms with van der Waals surface area (Å²) in [6, 6.07) is 15.7. The molecule has 26 heavy (non-hydrogen) atoms. The summed E-state index contributed by atoms with van der Waals surface area (Å²) in [5.41, 5.74) is 1.75. The van der Waals surface area contributed by atoms with E-state index in [0.29, 0.717) is 0 Å². The van der Waals surface area contributed by atoms with Crippen molar-refractivity contribution in [3.63, 3.8) is 0 Å². The van der Waals surface area contributed by atoms with E-state index in [4.69, 9.17) is 0 Å². The van der Waals surface area contributed by atoms with Crippen molar-refractivity contribution in [3.8, 4) is 0 Å². The van der Waals surface area contributed by atoms with Crippen LogP contribution in [0, 0.1) is 17.0 Å². The Morgan fingerprint density at radius 2 is 1.69 bits per heavy atom. The maximum Gasteiger partial charge on any atom is 0.269 e. The number of hydrogen-bond acceptors (Lipinski definition) is 5. The summed E-state index contributed by atoms with van der Waals surface area (Å²) in [5.74, 6) is 0. The Labute approximate surface area is 155 Å². The van der Waals surface area contributed by atoms with E-state index in [-0.39, 0.29) is 10.6 Å². The van der Waals surface area contributed by atoms with Crippen LogP contribution in [0.25, 0.3) is 0 Å². The molecule has 0 aliphatic carbocycles. The van der Waals surface area contributed by atoms with Gasteiger partial charge in [-0.25, -0.2) is 8.42 Å². The molecule has 0 aliphatic rings. The number of hydrogen-bond donors (Lipinski definition) is 1. The molecule has 1 N–H and O–H groups in total. The number of benzene rings is 2. The number of rotatable bonds is 6. The zero-order chi connectivity index (χ0) is 18.7. The second-order valence-corrected chi connectivity index (χ2v) is 8.42. The number of non-ortho nitro benzene ring substituents is 1. The highest BCUT2D eigenvalue weighted by Gasteiger charge is 2.24. The average molecular weight is 388 g/mol. The SMILES string of the molecule is Cc1ccc([C@@H](NS(=O)(=O)c2ccc([N+](=O)[O-])cc2)c2cccs2)cc1. The lowest BCUT2D eigenvalue weighted by molar-refractivity contribution is -0.384. The molecule has 0 amide bonds. The first kappa shape index (κ1) is 18.2. The number of sulfonamides is 1. The van der Waals surface area contributed by atoms with Crippen molar-refractivity contribution in [2.75, 3.05) is 0 Å². The molecule has 0 aliphatic heterocycles. The van der Waals surface area contributed by atoms with Crippen LogP contribution >= 0.6 is 11.3 Å². The van der Waals surface area contributed by atoms with Crippen molar-refractivity contribution in [1.82, 2.24) is 4.72 Å². The third-order valence-electron chi connectivity index (χ3n) is 3.87. The van der Waals surface area contributed by atoms with E-state index < -0.39 is 21.0 Å². The minimum Gasteiger partial charge on any atom is -0.258 e. The van der Waals surface area contributed by atoms with Gasteiger partial charge in [0, 0.05) is 17.0 Å². The molecular formula is C18H16N2O4S2. The fraction of sp³-hybridized carbons (Fsp3) is 0.111. The Bertz CT molecular complexity index is 996. The molecule has 1 atom stereocenters. The molecule has 2 aromatic carbocycles. The molecule has 0 saturated carbocycles. The van der Waals surface area contributed by atoms with Gasteiger partial charge < -0.3 is 0 Å². The van der Waals surface area contributed by atoms with E-state index in [2.05, 4.69) is 4.72 Å². The van der Waals surface area contributed by atoms with E-state index in [1.54, 1.807) is 0 Å². The van der Waals surface area contributed by atoms with Crippen LogP contribution in [0.2, 0.25) is 0 Å². The van der Waals surface area contributed by atoms with Crippen molar-refractivity contribution >= 4 is 27.0 Å². The lowest BCUT2D eigenvalue weighted by Gasteiger charge is -2.18. The lowest BCUT2D eigenvalue weighted by Crippen LogP contribution is -2.29. The molecule has 3 rings (SSSR count). The van der Waals surface area contributed by atoms with Gasteiger partial charge in [0.25, 0.3) is 5.69 Å². The molecule has 0 fully saturated rings. The van der Waals surface area contributed by atoms with Crippen LogP contribution in [0.3, 0.4) is 0 Å². The van der Waals surface area contributed by atoms with Gasteiger partial charge in [-0.05, 0) is 36.1 Å². The van der Waals surface area contributed by atoms with Gasteiger partial charge in [-0.15, -0.1) is 11.3 Å². The summed E-state index contributed by atoms with van der Waals surface area (Å²) in [6.45, 7) is 1.96. The van der Waals surface area contributed by atoms with Crippen LogP contribution in [0.15, 0.2) is 70.9 Å². The molecular weight excluding hydrogens is 372 g/mol. The molecule has 0 saturated heterocycles. The first-order chi connectivity index (χ1) is 12.4. The molecule has 0 radical (unpaired) electrons. The summed E-state index contributed by atoms with van der Waals surface area (Å²) in [6.07, 6.45) is 0. The largest absolute Gasteiger partial charge is 0.269 e. The minimum absolute atomic E-state index is 0.0169. The molecule has 8 heteroatoms. The van der Waals surface area contributed by atoms with Crippen LogP contribution in [-0.2, 0) is 10.0 Å². The van der Waals surface area contributed by atoms with E-state index in [0.717, 1.165) is 16.0 Å². The molecule has 1 aromatic heterocycles. The minimum atomic E-state index is -3.85. The van der Waals surface area contributed by atoms with Crippen molar-refractivity contribution in [1.29, 1.82) is 0 Å². The highest BCUT2D eigenvalue weighted by Crippen LogP contribution is 2.28. The van der Waals surface area contributed by atoms with Gasteiger partial charge in [-0.1, -0.05) is 35.9 Å². The molecule has 3 aromatic rings. The third-order valence-corrected chi connectivity index (χ3v) is 6.25. The predicted molar refractivity (Wildman–Crippen MR) is 101 cm³/mol. The molecule has 134 valence electrons. The predicted octanol–water partition coefficient (Wildman–Crippen LogP) is 4.03.